The first-order valence-corrected chi connectivity index (χ1v) is 4.49. The van der Waals surface area contributed by atoms with Crippen molar-refractivity contribution >= 4 is 11.9 Å². The Kier molecular flexibility index (Phi) is 17.1. The summed E-state index contributed by atoms with van der Waals surface area (Å²) in [5, 5.41) is 20.7. The minimum atomic E-state index is -1.34. The van der Waals surface area contributed by atoms with Gasteiger partial charge in [-0.25, -0.2) is 0 Å². The summed E-state index contributed by atoms with van der Waals surface area (Å²) >= 11 is 0. The van der Waals surface area contributed by atoms with Gasteiger partial charge in [0.25, 0.3) is 0 Å². The zero-order valence-electron chi connectivity index (χ0n) is 10.5. The molecule has 0 aliphatic rings. The SMILES string of the molecule is CN(C)CCCC(CC(=O)[O-])C(=O)[O-].[Na+].[Na+]. The Hall–Kier alpha value is 0.900. The molecule has 0 aromatic rings. The first-order valence-electron chi connectivity index (χ1n) is 4.49. The smallest absolute Gasteiger partial charge is 0.550 e. The van der Waals surface area contributed by atoms with Gasteiger partial charge in [-0.1, -0.05) is 0 Å². The summed E-state index contributed by atoms with van der Waals surface area (Å²) in [6.07, 6.45) is 0.489. The fourth-order valence-electron chi connectivity index (χ4n) is 1.16. The first kappa shape index (κ1) is 22.1. The van der Waals surface area contributed by atoms with Crippen molar-refractivity contribution in [2.75, 3.05) is 20.6 Å². The molecular formula is C9H15NNa2O4. The van der Waals surface area contributed by atoms with Gasteiger partial charge in [0.05, 0.1) is 0 Å². The molecule has 0 aromatic heterocycles. The Bertz CT molecular complexity index is 212. The summed E-state index contributed by atoms with van der Waals surface area (Å²) < 4.78 is 0. The van der Waals surface area contributed by atoms with E-state index in [4.69, 9.17) is 0 Å². The Morgan fingerprint density at radius 2 is 1.69 bits per heavy atom. The average molecular weight is 247 g/mol. The summed E-state index contributed by atoms with van der Waals surface area (Å²) in [6, 6.07) is 0. The van der Waals surface area contributed by atoms with Crippen LogP contribution in [0.5, 0.6) is 0 Å². The molecule has 0 radical (unpaired) electrons. The van der Waals surface area contributed by atoms with Crippen molar-refractivity contribution in [3.8, 4) is 0 Å². The van der Waals surface area contributed by atoms with E-state index in [1.165, 1.54) is 0 Å². The van der Waals surface area contributed by atoms with Crippen LogP contribution in [-0.2, 0) is 9.59 Å². The van der Waals surface area contributed by atoms with Crippen LogP contribution in [0.3, 0.4) is 0 Å². The molecule has 5 nitrogen and oxygen atoms in total. The molecule has 0 N–H and O–H groups in total. The zero-order chi connectivity index (χ0) is 11.1. The Balaban J connectivity index is -0.000000845. The number of aliphatic carboxylic acids is 2. The van der Waals surface area contributed by atoms with Crippen molar-refractivity contribution in [2.45, 2.75) is 19.3 Å². The van der Waals surface area contributed by atoms with E-state index in [9.17, 15) is 19.8 Å². The summed E-state index contributed by atoms with van der Waals surface area (Å²) in [5.74, 6) is -3.59. The summed E-state index contributed by atoms with van der Waals surface area (Å²) in [4.78, 5) is 22.6. The molecule has 0 fully saturated rings. The number of carbonyl (C=O) groups excluding carboxylic acids is 2. The Morgan fingerprint density at radius 1 is 1.19 bits per heavy atom. The molecule has 82 valence electrons. The van der Waals surface area contributed by atoms with Crippen molar-refractivity contribution in [2.24, 2.45) is 5.92 Å². The monoisotopic (exact) mass is 247 g/mol. The Labute approximate surface area is 140 Å². The maximum Gasteiger partial charge on any atom is 1.00 e. The van der Waals surface area contributed by atoms with Crippen molar-refractivity contribution in [3.05, 3.63) is 0 Å². The third kappa shape index (κ3) is 13.0. The number of carboxylic acid groups (broad SMARTS) is 2. The van der Waals surface area contributed by atoms with E-state index in [1.54, 1.807) is 0 Å². The van der Waals surface area contributed by atoms with Gasteiger partial charge in [0.2, 0.25) is 0 Å². The van der Waals surface area contributed by atoms with E-state index in [0.29, 0.717) is 12.8 Å². The van der Waals surface area contributed by atoms with Gasteiger partial charge in [-0.2, -0.15) is 0 Å². The van der Waals surface area contributed by atoms with Crippen LogP contribution < -0.4 is 69.3 Å². The van der Waals surface area contributed by atoms with E-state index in [1.807, 2.05) is 19.0 Å². The van der Waals surface area contributed by atoms with Crippen molar-refractivity contribution in [1.29, 1.82) is 0 Å². The molecule has 0 bridgehead atoms. The van der Waals surface area contributed by atoms with Gasteiger partial charge in [0.1, 0.15) is 0 Å². The van der Waals surface area contributed by atoms with Crippen LogP contribution in [0.2, 0.25) is 0 Å². The van der Waals surface area contributed by atoms with Crippen molar-refractivity contribution in [3.63, 3.8) is 0 Å². The third-order valence-electron chi connectivity index (χ3n) is 1.90. The first-order chi connectivity index (χ1) is 6.43. The second-order valence-corrected chi connectivity index (χ2v) is 3.54. The van der Waals surface area contributed by atoms with E-state index in [2.05, 4.69) is 0 Å². The molecule has 0 heterocycles. The molecule has 0 saturated carbocycles. The van der Waals surface area contributed by atoms with E-state index in [-0.39, 0.29) is 59.1 Å². The van der Waals surface area contributed by atoms with Crippen LogP contribution in [0, 0.1) is 5.92 Å². The van der Waals surface area contributed by atoms with E-state index < -0.39 is 24.3 Å². The largest absolute Gasteiger partial charge is 1.00 e. The number of carboxylic acids is 2. The van der Waals surface area contributed by atoms with Gasteiger partial charge < -0.3 is 24.7 Å². The van der Waals surface area contributed by atoms with Crippen LogP contribution in [-0.4, -0.2) is 37.5 Å². The quantitative estimate of drug-likeness (QED) is 0.417. The molecule has 0 aliphatic heterocycles. The van der Waals surface area contributed by atoms with E-state index in [0.717, 1.165) is 6.54 Å². The summed E-state index contributed by atoms with van der Waals surface area (Å²) in [5.41, 5.74) is 0. The van der Waals surface area contributed by atoms with Gasteiger partial charge in [0.15, 0.2) is 0 Å². The molecule has 7 heteroatoms. The summed E-state index contributed by atoms with van der Waals surface area (Å²) in [7, 11) is 3.74. The normalized spacial score (nSPS) is 11.2. The number of rotatable bonds is 7. The molecule has 1 unspecified atom stereocenters. The zero-order valence-corrected chi connectivity index (χ0v) is 14.5. The second-order valence-electron chi connectivity index (χ2n) is 3.54. The van der Waals surface area contributed by atoms with Gasteiger partial charge in [-0.15, -0.1) is 0 Å². The average Bonchev–Trinajstić information content (AvgIpc) is 2.00. The minimum Gasteiger partial charge on any atom is -0.550 e. The fraction of sp³-hybridized carbons (Fsp3) is 0.778. The van der Waals surface area contributed by atoms with Crippen molar-refractivity contribution in [1.82, 2.24) is 4.90 Å². The maximum absolute atomic E-state index is 10.5. The Morgan fingerprint density at radius 3 is 2.00 bits per heavy atom. The molecular weight excluding hydrogens is 232 g/mol. The van der Waals surface area contributed by atoms with Crippen LogP contribution in [0.25, 0.3) is 0 Å². The van der Waals surface area contributed by atoms with Crippen LogP contribution in [0.1, 0.15) is 19.3 Å². The molecule has 1 atom stereocenters. The van der Waals surface area contributed by atoms with Crippen LogP contribution in [0.4, 0.5) is 0 Å². The van der Waals surface area contributed by atoms with E-state index >= 15 is 0 Å². The number of hydrogen-bond acceptors (Lipinski definition) is 5. The summed E-state index contributed by atoms with van der Waals surface area (Å²) in [6.45, 7) is 0.733. The molecule has 0 spiro atoms. The molecule has 16 heavy (non-hydrogen) atoms. The number of hydrogen-bond donors (Lipinski definition) is 0. The number of nitrogens with zero attached hydrogens (tertiary/aromatic N) is 1. The van der Waals surface area contributed by atoms with Gasteiger partial charge in [-0.3, -0.25) is 0 Å². The molecule has 0 rings (SSSR count). The van der Waals surface area contributed by atoms with Crippen LogP contribution in [0.15, 0.2) is 0 Å². The molecule has 0 saturated heterocycles. The van der Waals surface area contributed by atoms with Gasteiger partial charge >= 0.3 is 59.1 Å². The van der Waals surface area contributed by atoms with Gasteiger partial charge in [0, 0.05) is 17.9 Å². The topological polar surface area (TPSA) is 83.5 Å². The van der Waals surface area contributed by atoms with Gasteiger partial charge in [-0.05, 0) is 39.9 Å². The predicted octanol–water partition coefficient (Wildman–Crippen LogP) is -8.16. The molecule has 0 aromatic carbocycles. The minimum absolute atomic E-state index is 0. The standard InChI is InChI=1S/C9H17NO4.2Na/c1-10(2)5-3-4-7(9(13)14)6-8(11)12;;/h7H,3-6H2,1-2H3,(H,11,12)(H,13,14);;/q;2*+1/p-2. The van der Waals surface area contributed by atoms with Crippen LogP contribution >= 0.6 is 0 Å². The predicted molar refractivity (Wildman–Crippen MR) is 45.9 cm³/mol. The second kappa shape index (κ2) is 12.4. The maximum atomic E-state index is 10.5. The fourth-order valence-corrected chi connectivity index (χ4v) is 1.16. The van der Waals surface area contributed by atoms with Crippen molar-refractivity contribution < 1.29 is 78.9 Å². The molecule has 0 aliphatic carbocycles. The number of carbonyl (C=O) groups is 2. The third-order valence-corrected chi connectivity index (χ3v) is 1.90. The molecule has 0 amide bonds.